The van der Waals surface area contributed by atoms with Crippen molar-refractivity contribution in [3.63, 3.8) is 0 Å². The van der Waals surface area contributed by atoms with E-state index in [4.69, 9.17) is 9.47 Å². The number of hydrogen-bond acceptors (Lipinski definition) is 8. The Balaban J connectivity index is 1.83. The minimum absolute atomic E-state index is 0.00824. The summed E-state index contributed by atoms with van der Waals surface area (Å²) in [5.74, 6) is -4.28. The highest BCUT2D eigenvalue weighted by Crippen LogP contribution is 2.56. The molecule has 0 aromatic heterocycles. The van der Waals surface area contributed by atoms with Crippen LogP contribution < -0.4 is 16.0 Å². The van der Waals surface area contributed by atoms with E-state index in [0.29, 0.717) is 19.4 Å². The lowest BCUT2D eigenvalue weighted by atomic mass is 9.89. The fourth-order valence-electron chi connectivity index (χ4n) is 8.20. The second-order valence-corrected chi connectivity index (χ2v) is 16.5. The van der Waals surface area contributed by atoms with Crippen molar-refractivity contribution >= 4 is 29.6 Å². The minimum atomic E-state index is -1.37. The zero-order valence-corrected chi connectivity index (χ0v) is 34.7. The van der Waals surface area contributed by atoms with Crippen molar-refractivity contribution in [2.75, 3.05) is 34.9 Å². The van der Waals surface area contributed by atoms with Gasteiger partial charge in [0.2, 0.25) is 23.6 Å². The predicted octanol–water partition coefficient (Wildman–Crippen LogP) is 3.63. The third kappa shape index (κ3) is 11.3. The Morgan fingerprint density at radius 1 is 0.964 bits per heavy atom. The highest BCUT2D eigenvalue weighted by molar-refractivity contribution is 5.90. The van der Waals surface area contributed by atoms with E-state index >= 15 is 0 Å². The molecule has 9 atom stereocenters. The Morgan fingerprint density at radius 2 is 1.58 bits per heavy atom. The SMILES string of the molecule is CC[C@H](C)C(C(CC(=O)N1CC2(CC2)C[C@H]1C(OC)C(C)C(=O)NC(Cc1ccccc1F)C(=O)O)OC)N(C)C(=O)[C@@H](NC(=O)[C@@H](NC)C(C)C)C(C)C. The van der Waals surface area contributed by atoms with Crippen LogP contribution in [0.1, 0.15) is 86.1 Å². The summed E-state index contributed by atoms with van der Waals surface area (Å²) in [6.45, 7) is 13.8. The smallest absolute Gasteiger partial charge is 0.326 e. The van der Waals surface area contributed by atoms with Crippen LogP contribution in [0.3, 0.4) is 0 Å². The first-order valence-corrected chi connectivity index (χ1v) is 19.7. The zero-order valence-electron chi connectivity index (χ0n) is 34.7. The van der Waals surface area contributed by atoms with E-state index < -0.39 is 66.0 Å². The van der Waals surface area contributed by atoms with E-state index in [0.717, 1.165) is 12.8 Å². The van der Waals surface area contributed by atoms with Gasteiger partial charge in [-0.25, -0.2) is 9.18 Å². The molecule has 1 aromatic rings. The number of nitrogens with one attached hydrogen (secondary N) is 3. The maximum atomic E-state index is 14.4. The van der Waals surface area contributed by atoms with E-state index in [1.165, 1.54) is 32.4 Å². The highest BCUT2D eigenvalue weighted by atomic mass is 19.1. The van der Waals surface area contributed by atoms with Crippen LogP contribution in [0.5, 0.6) is 0 Å². The quantitative estimate of drug-likeness (QED) is 0.146. The van der Waals surface area contributed by atoms with Crippen LogP contribution in [0.15, 0.2) is 24.3 Å². The number of carboxylic acids is 1. The summed E-state index contributed by atoms with van der Waals surface area (Å²) in [6, 6.07) is 2.21. The number of rotatable bonds is 21. The maximum Gasteiger partial charge on any atom is 0.326 e. The average molecular weight is 776 g/mol. The van der Waals surface area contributed by atoms with Gasteiger partial charge in [-0.05, 0) is 61.1 Å². The molecule has 0 radical (unpaired) electrons. The monoisotopic (exact) mass is 775 g/mol. The molecule has 1 aromatic carbocycles. The topological polar surface area (TPSA) is 167 Å². The van der Waals surface area contributed by atoms with Gasteiger partial charge in [-0.3, -0.25) is 19.2 Å². The fourth-order valence-corrected chi connectivity index (χ4v) is 8.20. The first kappa shape index (κ1) is 45.8. The molecule has 1 saturated heterocycles. The molecule has 4 N–H and O–H groups in total. The minimum Gasteiger partial charge on any atom is -0.480 e. The number of nitrogens with zero attached hydrogens (tertiary/aromatic N) is 2. The molecule has 1 saturated carbocycles. The molecule has 1 heterocycles. The lowest BCUT2D eigenvalue weighted by molar-refractivity contribution is -0.148. The number of likely N-dealkylation sites (N-methyl/N-ethyl adjacent to an activating group) is 2. The summed E-state index contributed by atoms with van der Waals surface area (Å²) in [7, 11) is 6.42. The van der Waals surface area contributed by atoms with Gasteiger partial charge in [-0.1, -0.05) is 73.1 Å². The molecular weight excluding hydrogens is 709 g/mol. The fraction of sp³-hybridized carbons (Fsp3) is 0.732. The van der Waals surface area contributed by atoms with Crippen molar-refractivity contribution in [3.8, 4) is 0 Å². The molecular formula is C41H66FN5O8. The first-order valence-electron chi connectivity index (χ1n) is 19.7. The number of carbonyl (C=O) groups is 5. The van der Waals surface area contributed by atoms with Crippen molar-refractivity contribution < 1.29 is 42.9 Å². The Hall–Kier alpha value is -3.62. The van der Waals surface area contributed by atoms with E-state index in [2.05, 4.69) is 16.0 Å². The molecule has 1 spiro atoms. The molecule has 3 rings (SSSR count). The van der Waals surface area contributed by atoms with Crippen molar-refractivity contribution in [2.45, 2.75) is 129 Å². The van der Waals surface area contributed by atoms with Gasteiger partial charge in [-0.15, -0.1) is 0 Å². The number of carbonyl (C=O) groups excluding carboxylic acids is 4. The van der Waals surface area contributed by atoms with Gasteiger partial charge in [0.15, 0.2) is 0 Å². The standard InChI is InChI=1S/C41H66FN5O8/c1-12-25(6)35(46(9)39(51)34(24(4)5)45-38(50)33(43-8)23(2)3)31(54-10)20-32(48)47-22-41(17-18-41)21-30(47)36(55-11)26(7)37(49)44-29(40(52)53)19-27-15-13-14-16-28(27)42/h13-16,23-26,29-31,33-36,43H,12,17-22H2,1-11H3,(H,44,49)(H,45,50)(H,52,53)/t25-,26?,29?,30-,31?,33-,34-,35?,36?/m0/s1. The summed E-state index contributed by atoms with van der Waals surface area (Å²) >= 11 is 0. The number of carboxylic acid groups (broad SMARTS) is 1. The van der Waals surface area contributed by atoms with Gasteiger partial charge in [-0.2, -0.15) is 0 Å². The van der Waals surface area contributed by atoms with Gasteiger partial charge in [0.25, 0.3) is 0 Å². The van der Waals surface area contributed by atoms with Crippen LogP contribution >= 0.6 is 0 Å². The molecule has 14 heteroatoms. The number of amides is 4. The molecule has 4 amide bonds. The number of methoxy groups -OCH3 is 2. The van der Waals surface area contributed by atoms with E-state index in [9.17, 15) is 33.5 Å². The summed E-state index contributed by atoms with van der Waals surface area (Å²) in [4.78, 5) is 71.0. The Kier molecular flexibility index (Phi) is 16.6. The number of benzene rings is 1. The molecule has 1 aliphatic heterocycles. The molecule has 310 valence electrons. The molecule has 13 nitrogen and oxygen atoms in total. The molecule has 2 aliphatic rings. The van der Waals surface area contributed by atoms with E-state index in [1.807, 2.05) is 41.5 Å². The van der Waals surface area contributed by atoms with Crippen LogP contribution in [-0.2, 0) is 39.9 Å². The largest absolute Gasteiger partial charge is 0.480 e. The van der Waals surface area contributed by atoms with Crippen molar-refractivity contribution in [1.29, 1.82) is 0 Å². The maximum absolute atomic E-state index is 14.4. The lowest BCUT2D eigenvalue weighted by Gasteiger charge is -2.41. The number of halogens is 1. The second-order valence-electron chi connectivity index (χ2n) is 16.5. The van der Waals surface area contributed by atoms with Crippen LogP contribution in [0.25, 0.3) is 0 Å². The first-order chi connectivity index (χ1) is 25.9. The highest BCUT2D eigenvalue weighted by Gasteiger charge is 2.56. The Bertz CT molecular complexity index is 1490. The molecule has 0 bridgehead atoms. The Labute approximate surface area is 326 Å². The van der Waals surface area contributed by atoms with Crippen molar-refractivity contribution in [3.05, 3.63) is 35.6 Å². The van der Waals surface area contributed by atoms with Crippen molar-refractivity contribution in [2.24, 2.45) is 29.1 Å². The summed E-state index contributed by atoms with van der Waals surface area (Å²) in [5.41, 5.74) is 0.0833. The Morgan fingerprint density at radius 3 is 2.07 bits per heavy atom. The average Bonchev–Trinajstić information content (AvgIpc) is 3.79. The van der Waals surface area contributed by atoms with Gasteiger partial charge >= 0.3 is 5.97 Å². The third-order valence-electron chi connectivity index (χ3n) is 12.0. The van der Waals surface area contributed by atoms with Gasteiger partial charge in [0, 0.05) is 34.2 Å². The summed E-state index contributed by atoms with van der Waals surface area (Å²) in [6.07, 6.45) is 1.47. The van der Waals surface area contributed by atoms with E-state index in [1.54, 1.807) is 36.9 Å². The van der Waals surface area contributed by atoms with Crippen molar-refractivity contribution in [1.82, 2.24) is 25.8 Å². The second kappa shape index (κ2) is 20.0. The number of likely N-dealkylation sites (tertiary alicyclic amines) is 1. The lowest BCUT2D eigenvalue weighted by Crippen LogP contribution is -2.59. The number of hydrogen-bond donors (Lipinski definition) is 4. The van der Waals surface area contributed by atoms with Gasteiger partial charge in [0.05, 0.1) is 42.7 Å². The number of aliphatic carboxylic acids is 1. The predicted molar refractivity (Wildman–Crippen MR) is 207 cm³/mol. The van der Waals surface area contributed by atoms with Crippen LogP contribution in [0.4, 0.5) is 4.39 Å². The molecule has 2 fully saturated rings. The number of ether oxygens (including phenoxy) is 2. The summed E-state index contributed by atoms with van der Waals surface area (Å²) < 4.78 is 26.3. The summed E-state index contributed by atoms with van der Waals surface area (Å²) in [5, 5.41) is 18.5. The zero-order chi connectivity index (χ0) is 41.4. The van der Waals surface area contributed by atoms with Gasteiger partial charge in [0.1, 0.15) is 17.9 Å². The van der Waals surface area contributed by atoms with Crippen LogP contribution in [0, 0.1) is 34.9 Å². The van der Waals surface area contributed by atoms with Crippen LogP contribution in [-0.4, -0.2) is 122 Å². The van der Waals surface area contributed by atoms with Gasteiger partial charge < -0.3 is 40.3 Å². The molecule has 1 aliphatic carbocycles. The molecule has 55 heavy (non-hydrogen) atoms. The third-order valence-corrected chi connectivity index (χ3v) is 12.0. The van der Waals surface area contributed by atoms with E-state index in [-0.39, 0.29) is 59.3 Å². The normalized spacial score (nSPS) is 20.6. The van der Waals surface area contributed by atoms with Crippen LogP contribution in [0.2, 0.25) is 0 Å². The molecule has 5 unspecified atom stereocenters.